The predicted octanol–water partition coefficient (Wildman–Crippen LogP) is 2.07. The van der Waals surface area contributed by atoms with Gasteiger partial charge in [-0.1, -0.05) is 13.8 Å². The summed E-state index contributed by atoms with van der Waals surface area (Å²) in [6.45, 7) is 5.04. The van der Waals surface area contributed by atoms with Gasteiger partial charge in [0.05, 0.1) is 18.1 Å². The standard InChI is InChI=1S/C12H16N4OS/c1-6(2)8-3-7-9(4-17-8)18-12-10(7)11(16-13)14-5-15-12/h5-6,8H,3-4,13H2,1-2H3,(H,14,15,16)/t8-/m0/s1. The summed E-state index contributed by atoms with van der Waals surface area (Å²) in [6, 6.07) is 0. The van der Waals surface area contributed by atoms with Gasteiger partial charge in [-0.25, -0.2) is 15.8 Å². The number of anilines is 1. The van der Waals surface area contributed by atoms with Crippen LogP contribution in [0.2, 0.25) is 0 Å². The molecule has 0 unspecified atom stereocenters. The van der Waals surface area contributed by atoms with Gasteiger partial charge in [0, 0.05) is 11.3 Å². The molecule has 1 aliphatic heterocycles. The number of nitrogens with one attached hydrogen (secondary N) is 1. The fourth-order valence-corrected chi connectivity index (χ4v) is 3.44. The van der Waals surface area contributed by atoms with Crippen molar-refractivity contribution in [2.24, 2.45) is 11.8 Å². The van der Waals surface area contributed by atoms with Gasteiger partial charge in [0.2, 0.25) is 0 Å². The Bertz CT molecular complexity index is 581. The molecule has 1 atom stereocenters. The second-order valence-electron chi connectivity index (χ2n) is 4.85. The van der Waals surface area contributed by atoms with Crippen molar-refractivity contribution in [1.29, 1.82) is 0 Å². The molecular formula is C12H16N4OS. The number of aromatic nitrogens is 2. The van der Waals surface area contributed by atoms with Gasteiger partial charge in [0.15, 0.2) is 5.82 Å². The molecule has 0 spiro atoms. The third-order valence-corrected chi connectivity index (χ3v) is 4.50. The SMILES string of the molecule is CC(C)[C@@H]1Cc2c(sc3ncnc(NN)c23)CO1. The van der Waals surface area contributed by atoms with Crippen LogP contribution in [0.3, 0.4) is 0 Å². The van der Waals surface area contributed by atoms with Crippen molar-refractivity contribution in [3.63, 3.8) is 0 Å². The average Bonchev–Trinajstić information content (AvgIpc) is 2.75. The van der Waals surface area contributed by atoms with Crippen molar-refractivity contribution < 1.29 is 4.74 Å². The fourth-order valence-electron chi connectivity index (χ4n) is 2.35. The molecule has 0 saturated carbocycles. The minimum Gasteiger partial charge on any atom is -0.372 e. The Morgan fingerprint density at radius 1 is 1.50 bits per heavy atom. The molecule has 0 aromatic carbocycles. The van der Waals surface area contributed by atoms with E-state index in [-0.39, 0.29) is 6.10 Å². The molecule has 96 valence electrons. The van der Waals surface area contributed by atoms with E-state index in [1.807, 2.05) is 0 Å². The molecule has 3 rings (SSSR count). The van der Waals surface area contributed by atoms with E-state index in [0.717, 1.165) is 16.6 Å². The number of thiophene rings is 1. The highest BCUT2D eigenvalue weighted by atomic mass is 32.1. The van der Waals surface area contributed by atoms with Crippen molar-refractivity contribution in [3.05, 3.63) is 16.8 Å². The van der Waals surface area contributed by atoms with Gasteiger partial charge < -0.3 is 10.2 Å². The molecule has 0 aliphatic carbocycles. The van der Waals surface area contributed by atoms with Crippen LogP contribution in [-0.2, 0) is 17.8 Å². The van der Waals surface area contributed by atoms with E-state index in [9.17, 15) is 0 Å². The number of fused-ring (bicyclic) bond motifs is 3. The molecule has 3 heterocycles. The highest BCUT2D eigenvalue weighted by Crippen LogP contribution is 2.38. The number of ether oxygens (including phenoxy) is 1. The van der Waals surface area contributed by atoms with Crippen LogP contribution in [-0.4, -0.2) is 16.1 Å². The highest BCUT2D eigenvalue weighted by molar-refractivity contribution is 7.18. The Balaban J connectivity index is 2.14. The Morgan fingerprint density at radius 3 is 3.06 bits per heavy atom. The number of nitrogen functional groups attached to an aromatic ring is 1. The van der Waals surface area contributed by atoms with Gasteiger partial charge in [0.1, 0.15) is 11.2 Å². The number of nitrogens with zero attached hydrogens (tertiary/aromatic N) is 2. The summed E-state index contributed by atoms with van der Waals surface area (Å²) in [6.07, 6.45) is 2.72. The first-order valence-corrected chi connectivity index (χ1v) is 6.85. The lowest BCUT2D eigenvalue weighted by molar-refractivity contribution is 0.00203. The minimum absolute atomic E-state index is 0.265. The van der Waals surface area contributed by atoms with Crippen molar-refractivity contribution in [1.82, 2.24) is 9.97 Å². The monoisotopic (exact) mass is 264 g/mol. The lowest BCUT2D eigenvalue weighted by Crippen LogP contribution is -2.26. The van der Waals surface area contributed by atoms with Crippen LogP contribution in [0.5, 0.6) is 0 Å². The minimum atomic E-state index is 0.265. The summed E-state index contributed by atoms with van der Waals surface area (Å²) in [4.78, 5) is 10.7. The molecular weight excluding hydrogens is 248 g/mol. The molecule has 0 radical (unpaired) electrons. The maximum Gasteiger partial charge on any atom is 0.152 e. The van der Waals surface area contributed by atoms with E-state index in [4.69, 9.17) is 10.6 Å². The Hall–Kier alpha value is -1.24. The number of hydrazine groups is 1. The second-order valence-corrected chi connectivity index (χ2v) is 5.93. The fraction of sp³-hybridized carbons (Fsp3) is 0.500. The number of rotatable bonds is 2. The van der Waals surface area contributed by atoms with Gasteiger partial charge in [0.25, 0.3) is 0 Å². The van der Waals surface area contributed by atoms with Gasteiger partial charge in [-0.3, -0.25) is 0 Å². The number of hydrogen-bond donors (Lipinski definition) is 2. The Morgan fingerprint density at radius 2 is 2.33 bits per heavy atom. The summed E-state index contributed by atoms with van der Waals surface area (Å²) < 4.78 is 5.88. The summed E-state index contributed by atoms with van der Waals surface area (Å²) in [5, 5.41) is 1.06. The number of nitrogens with two attached hydrogens (primary N) is 1. The van der Waals surface area contributed by atoms with Gasteiger partial charge in [-0.15, -0.1) is 11.3 Å². The zero-order chi connectivity index (χ0) is 12.7. The van der Waals surface area contributed by atoms with Crippen LogP contribution in [0.1, 0.15) is 24.3 Å². The van der Waals surface area contributed by atoms with Crippen molar-refractivity contribution in [2.45, 2.75) is 33.0 Å². The summed E-state index contributed by atoms with van der Waals surface area (Å²) in [7, 11) is 0. The predicted molar refractivity (Wildman–Crippen MR) is 72.3 cm³/mol. The topological polar surface area (TPSA) is 73.1 Å². The summed E-state index contributed by atoms with van der Waals surface area (Å²) in [5.41, 5.74) is 3.96. The van der Waals surface area contributed by atoms with E-state index < -0.39 is 0 Å². The van der Waals surface area contributed by atoms with E-state index in [0.29, 0.717) is 18.3 Å². The molecule has 0 amide bonds. The molecule has 5 nitrogen and oxygen atoms in total. The molecule has 6 heteroatoms. The lowest BCUT2D eigenvalue weighted by atomic mass is 9.96. The average molecular weight is 264 g/mol. The van der Waals surface area contributed by atoms with E-state index in [1.54, 1.807) is 17.7 Å². The van der Waals surface area contributed by atoms with Gasteiger partial charge in [-0.05, 0) is 11.5 Å². The van der Waals surface area contributed by atoms with E-state index in [2.05, 4.69) is 29.2 Å². The largest absolute Gasteiger partial charge is 0.372 e. The third kappa shape index (κ3) is 1.77. The first-order valence-electron chi connectivity index (χ1n) is 6.04. The van der Waals surface area contributed by atoms with Gasteiger partial charge in [-0.2, -0.15) is 0 Å². The maximum atomic E-state index is 5.88. The van der Waals surface area contributed by atoms with Crippen LogP contribution in [0, 0.1) is 5.92 Å². The number of hydrogen-bond acceptors (Lipinski definition) is 6. The maximum absolute atomic E-state index is 5.88. The first-order chi connectivity index (χ1) is 8.70. The van der Waals surface area contributed by atoms with Crippen LogP contribution in [0.25, 0.3) is 10.2 Å². The summed E-state index contributed by atoms with van der Waals surface area (Å²) >= 11 is 1.67. The molecule has 2 aromatic heterocycles. The molecule has 0 fully saturated rings. The smallest absolute Gasteiger partial charge is 0.152 e. The zero-order valence-corrected chi connectivity index (χ0v) is 11.3. The normalized spacial score (nSPS) is 19.2. The van der Waals surface area contributed by atoms with E-state index >= 15 is 0 Å². The van der Waals surface area contributed by atoms with Crippen LogP contribution < -0.4 is 11.3 Å². The first kappa shape index (κ1) is 11.8. The molecule has 0 saturated heterocycles. The van der Waals surface area contributed by atoms with Crippen LogP contribution >= 0.6 is 11.3 Å². The van der Waals surface area contributed by atoms with Crippen molar-refractivity contribution in [3.8, 4) is 0 Å². The second kappa shape index (κ2) is 4.46. The quantitative estimate of drug-likeness (QED) is 0.641. The van der Waals surface area contributed by atoms with Gasteiger partial charge >= 0.3 is 0 Å². The third-order valence-electron chi connectivity index (χ3n) is 3.38. The molecule has 0 bridgehead atoms. The lowest BCUT2D eigenvalue weighted by Gasteiger charge is -2.26. The Kier molecular flexibility index (Phi) is 2.93. The van der Waals surface area contributed by atoms with Crippen molar-refractivity contribution in [2.75, 3.05) is 5.43 Å². The van der Waals surface area contributed by atoms with Crippen LogP contribution in [0.15, 0.2) is 6.33 Å². The summed E-state index contributed by atoms with van der Waals surface area (Å²) in [5.74, 6) is 6.75. The Labute approximate surface area is 109 Å². The van der Waals surface area contributed by atoms with Crippen molar-refractivity contribution >= 4 is 27.4 Å². The molecule has 1 aliphatic rings. The van der Waals surface area contributed by atoms with E-state index in [1.165, 1.54) is 10.4 Å². The molecule has 2 aromatic rings. The molecule has 3 N–H and O–H groups in total. The van der Waals surface area contributed by atoms with Crippen LogP contribution in [0.4, 0.5) is 5.82 Å². The zero-order valence-electron chi connectivity index (χ0n) is 10.4. The highest BCUT2D eigenvalue weighted by Gasteiger charge is 2.27. The molecule has 18 heavy (non-hydrogen) atoms.